The second-order valence-electron chi connectivity index (χ2n) is 5.36. The minimum absolute atomic E-state index is 0.243. The highest BCUT2D eigenvalue weighted by molar-refractivity contribution is 6.36. The average Bonchev–Trinajstić information content (AvgIpc) is 3.17. The van der Waals surface area contributed by atoms with Crippen LogP contribution in [0.3, 0.4) is 0 Å². The molecule has 25 heavy (non-hydrogen) atoms. The van der Waals surface area contributed by atoms with E-state index < -0.39 is 0 Å². The minimum Gasteiger partial charge on any atom is -0.322 e. The Morgan fingerprint density at radius 2 is 1.88 bits per heavy atom. The van der Waals surface area contributed by atoms with Gasteiger partial charge in [-0.25, -0.2) is 4.98 Å². The lowest BCUT2D eigenvalue weighted by atomic mass is 10.1. The fourth-order valence-electron chi connectivity index (χ4n) is 2.58. The van der Waals surface area contributed by atoms with Crippen LogP contribution in [0.15, 0.2) is 61.1 Å². The Kier molecular flexibility index (Phi) is 3.87. The summed E-state index contributed by atoms with van der Waals surface area (Å²) >= 11 is 6.17. The van der Waals surface area contributed by atoms with E-state index in [-0.39, 0.29) is 5.91 Å². The number of anilines is 1. The van der Waals surface area contributed by atoms with E-state index in [0.29, 0.717) is 27.6 Å². The number of nitrogens with one attached hydrogen (secondary N) is 2. The fraction of sp³-hybridized carbons (Fsp3) is 0. The van der Waals surface area contributed by atoms with Gasteiger partial charge in [-0.05, 0) is 48.5 Å². The van der Waals surface area contributed by atoms with Crippen molar-refractivity contribution in [2.45, 2.75) is 0 Å². The van der Waals surface area contributed by atoms with Crippen LogP contribution >= 0.6 is 11.6 Å². The van der Waals surface area contributed by atoms with Crippen molar-refractivity contribution in [3.05, 3.63) is 71.6 Å². The third-order valence-electron chi connectivity index (χ3n) is 3.79. The highest BCUT2D eigenvalue weighted by Gasteiger charge is 2.13. The Hall–Kier alpha value is -3.25. The third kappa shape index (κ3) is 2.95. The molecule has 0 atom stereocenters. The Morgan fingerprint density at radius 1 is 1.04 bits per heavy atom. The highest BCUT2D eigenvalue weighted by atomic mass is 35.5. The molecule has 0 aliphatic heterocycles. The van der Waals surface area contributed by atoms with Crippen LogP contribution in [0, 0.1) is 0 Å². The van der Waals surface area contributed by atoms with Gasteiger partial charge in [0.1, 0.15) is 6.33 Å². The maximum atomic E-state index is 12.6. The molecule has 2 aromatic heterocycles. The number of halogens is 1. The summed E-state index contributed by atoms with van der Waals surface area (Å²) in [6.45, 7) is 0. The van der Waals surface area contributed by atoms with Crippen molar-refractivity contribution in [1.29, 1.82) is 0 Å². The lowest BCUT2D eigenvalue weighted by Gasteiger charge is -2.09. The molecule has 2 N–H and O–H groups in total. The van der Waals surface area contributed by atoms with Crippen LogP contribution in [0.4, 0.5) is 5.69 Å². The van der Waals surface area contributed by atoms with Gasteiger partial charge in [-0.1, -0.05) is 11.6 Å². The monoisotopic (exact) mass is 349 g/mol. The van der Waals surface area contributed by atoms with E-state index in [1.807, 2.05) is 18.2 Å². The quantitative estimate of drug-likeness (QED) is 0.587. The van der Waals surface area contributed by atoms with Gasteiger partial charge in [0.15, 0.2) is 5.82 Å². The Bertz CT molecular complexity index is 1040. The summed E-state index contributed by atoms with van der Waals surface area (Å²) in [7, 11) is 0. The first-order valence-electron chi connectivity index (χ1n) is 7.53. The number of rotatable bonds is 3. The number of H-pyrrole nitrogens is 1. The molecule has 7 heteroatoms. The van der Waals surface area contributed by atoms with Gasteiger partial charge < -0.3 is 5.32 Å². The van der Waals surface area contributed by atoms with Gasteiger partial charge in [0.25, 0.3) is 5.91 Å². The van der Waals surface area contributed by atoms with Crippen molar-refractivity contribution in [2.75, 3.05) is 5.32 Å². The maximum absolute atomic E-state index is 12.6. The molecule has 0 bridgehead atoms. The molecule has 0 unspecified atom stereocenters. The van der Waals surface area contributed by atoms with Crippen LogP contribution in [-0.2, 0) is 0 Å². The van der Waals surface area contributed by atoms with Crippen LogP contribution in [0.5, 0.6) is 0 Å². The average molecular weight is 350 g/mol. The van der Waals surface area contributed by atoms with E-state index in [2.05, 4.69) is 25.5 Å². The molecule has 4 aromatic rings. The first-order chi connectivity index (χ1) is 12.2. The number of benzene rings is 2. The Morgan fingerprint density at radius 3 is 2.64 bits per heavy atom. The molecule has 122 valence electrons. The molecule has 1 amide bonds. The Balaban J connectivity index is 1.61. The van der Waals surface area contributed by atoms with Crippen molar-refractivity contribution in [3.63, 3.8) is 0 Å². The van der Waals surface area contributed by atoms with Crippen LogP contribution in [0.2, 0.25) is 5.02 Å². The molecule has 2 heterocycles. The molecular formula is C18H12ClN5O. The molecule has 6 nitrogen and oxygen atoms in total. The zero-order valence-corrected chi connectivity index (χ0v) is 13.7. The topological polar surface area (TPSA) is 83.6 Å². The number of amides is 1. The van der Waals surface area contributed by atoms with E-state index in [0.717, 1.165) is 10.9 Å². The van der Waals surface area contributed by atoms with Crippen LogP contribution in [0.1, 0.15) is 10.4 Å². The van der Waals surface area contributed by atoms with Gasteiger partial charge in [-0.15, -0.1) is 0 Å². The molecule has 0 saturated carbocycles. The molecule has 4 rings (SSSR count). The van der Waals surface area contributed by atoms with Crippen molar-refractivity contribution in [2.24, 2.45) is 0 Å². The van der Waals surface area contributed by atoms with Crippen LogP contribution in [0.25, 0.3) is 22.3 Å². The number of nitrogens with zero attached hydrogens (tertiary/aromatic N) is 3. The van der Waals surface area contributed by atoms with Crippen molar-refractivity contribution in [1.82, 2.24) is 20.2 Å². The number of fused-ring (bicyclic) bond motifs is 1. The van der Waals surface area contributed by atoms with Gasteiger partial charge in [-0.2, -0.15) is 5.10 Å². The van der Waals surface area contributed by atoms with Crippen LogP contribution < -0.4 is 5.32 Å². The molecule has 0 radical (unpaired) electrons. The molecule has 0 spiro atoms. The predicted molar refractivity (Wildman–Crippen MR) is 96.5 cm³/mol. The number of hydrogen-bond donors (Lipinski definition) is 2. The molecule has 2 aromatic carbocycles. The smallest absolute Gasteiger partial charge is 0.257 e. The van der Waals surface area contributed by atoms with Gasteiger partial charge >= 0.3 is 0 Å². The SMILES string of the molecule is O=C(Nc1ccc(-c2ncn[nH]2)cc1)c1ccc(Cl)c2cccnc12. The fourth-order valence-corrected chi connectivity index (χ4v) is 2.79. The molecule has 0 fully saturated rings. The molecular weight excluding hydrogens is 338 g/mol. The summed E-state index contributed by atoms with van der Waals surface area (Å²) in [6.07, 6.45) is 3.09. The van der Waals surface area contributed by atoms with E-state index in [4.69, 9.17) is 11.6 Å². The summed E-state index contributed by atoms with van der Waals surface area (Å²) < 4.78 is 0. The van der Waals surface area contributed by atoms with Crippen molar-refractivity contribution >= 4 is 34.1 Å². The summed E-state index contributed by atoms with van der Waals surface area (Å²) in [5.74, 6) is 0.429. The van der Waals surface area contributed by atoms with E-state index in [1.165, 1.54) is 6.33 Å². The lowest BCUT2D eigenvalue weighted by Crippen LogP contribution is -2.12. The molecule has 0 aliphatic rings. The number of aromatic amines is 1. The number of carbonyl (C=O) groups excluding carboxylic acids is 1. The van der Waals surface area contributed by atoms with Crippen molar-refractivity contribution < 1.29 is 4.79 Å². The summed E-state index contributed by atoms with van der Waals surface area (Å²) in [5.41, 5.74) is 2.60. The standard InChI is InChI=1S/C18H12ClN5O/c19-15-8-7-14(16-13(15)2-1-9-20-16)18(25)23-12-5-3-11(4-6-12)17-21-10-22-24-17/h1-10H,(H,23,25)(H,21,22,24). The number of hydrogen-bond acceptors (Lipinski definition) is 4. The van der Waals surface area contributed by atoms with E-state index >= 15 is 0 Å². The van der Waals surface area contributed by atoms with Crippen molar-refractivity contribution in [3.8, 4) is 11.4 Å². The summed E-state index contributed by atoms with van der Waals surface area (Å²) in [4.78, 5) is 21.0. The van der Waals surface area contributed by atoms with Gasteiger partial charge in [-0.3, -0.25) is 14.9 Å². The zero-order valence-electron chi connectivity index (χ0n) is 12.9. The lowest BCUT2D eigenvalue weighted by molar-refractivity contribution is 0.102. The second kappa shape index (κ2) is 6.33. The molecule has 0 aliphatic carbocycles. The first kappa shape index (κ1) is 15.3. The van der Waals surface area contributed by atoms with Gasteiger partial charge in [0.2, 0.25) is 0 Å². The summed E-state index contributed by atoms with van der Waals surface area (Å²) in [6, 6.07) is 14.3. The highest BCUT2D eigenvalue weighted by Crippen LogP contribution is 2.25. The maximum Gasteiger partial charge on any atom is 0.257 e. The normalized spacial score (nSPS) is 10.8. The zero-order chi connectivity index (χ0) is 17.2. The second-order valence-corrected chi connectivity index (χ2v) is 5.77. The first-order valence-corrected chi connectivity index (χ1v) is 7.90. The Labute approximate surface area is 147 Å². The van der Waals surface area contributed by atoms with Crippen LogP contribution in [-0.4, -0.2) is 26.1 Å². The number of carbonyl (C=O) groups is 1. The molecule has 0 saturated heterocycles. The van der Waals surface area contributed by atoms with E-state index in [1.54, 1.807) is 36.5 Å². The minimum atomic E-state index is -0.243. The van der Waals surface area contributed by atoms with Gasteiger partial charge in [0.05, 0.1) is 16.1 Å². The van der Waals surface area contributed by atoms with E-state index in [9.17, 15) is 4.79 Å². The third-order valence-corrected chi connectivity index (χ3v) is 4.12. The predicted octanol–water partition coefficient (Wildman–Crippen LogP) is 3.93. The number of pyridine rings is 1. The number of aromatic nitrogens is 4. The summed E-state index contributed by atoms with van der Waals surface area (Å²) in [5, 5.41) is 10.8. The largest absolute Gasteiger partial charge is 0.322 e. The van der Waals surface area contributed by atoms with Gasteiger partial charge in [0, 0.05) is 22.8 Å².